The molecular weight excluding hydrogens is 418 g/mol. The van der Waals surface area contributed by atoms with Crippen molar-refractivity contribution in [1.29, 1.82) is 0 Å². The van der Waals surface area contributed by atoms with Gasteiger partial charge < -0.3 is 13.3 Å². The maximum Gasteiger partial charge on any atom is 0.480 e. The van der Waals surface area contributed by atoms with Crippen molar-refractivity contribution in [3.8, 4) is 0 Å². The summed E-state index contributed by atoms with van der Waals surface area (Å²) in [4.78, 5) is 0. The third-order valence-corrected chi connectivity index (χ3v) is 5.67. The normalized spacial score (nSPS) is 18.3. The number of likely N-dealkylation sites (tertiary alicyclic amines) is 1. The molecule has 0 radical (unpaired) electrons. The van der Waals surface area contributed by atoms with Crippen LogP contribution in [0.1, 0.15) is 12.8 Å². The van der Waals surface area contributed by atoms with Gasteiger partial charge in [-0.05, 0) is 0 Å². The van der Waals surface area contributed by atoms with E-state index in [2.05, 4.69) is 11.8 Å². The van der Waals surface area contributed by atoms with E-state index in [-0.39, 0.29) is 12.9 Å². The molecule has 1 saturated heterocycles. The van der Waals surface area contributed by atoms with E-state index in [9.17, 15) is 43.2 Å². The Morgan fingerprint density at radius 2 is 1.46 bits per heavy atom. The fourth-order valence-corrected chi connectivity index (χ4v) is 3.78. The van der Waals surface area contributed by atoms with Gasteiger partial charge in [0.25, 0.3) is 0 Å². The highest BCUT2D eigenvalue weighted by Crippen LogP contribution is 2.29. The molecule has 0 bridgehead atoms. The predicted octanol–water partition coefficient (Wildman–Crippen LogP) is 1.98. The lowest BCUT2D eigenvalue weighted by molar-refractivity contribution is -0.898. The molecule has 0 aromatic heterocycles. The van der Waals surface area contributed by atoms with Gasteiger partial charge in [0.15, 0.2) is 10.0 Å². The van der Waals surface area contributed by atoms with Crippen LogP contribution in [0.25, 0.3) is 4.13 Å². The van der Waals surface area contributed by atoms with Gasteiger partial charge in [0.1, 0.15) is 13.2 Å². The van der Waals surface area contributed by atoms with E-state index in [1.807, 2.05) is 0 Å². The van der Waals surface area contributed by atoms with Gasteiger partial charge >= 0.3 is 11.7 Å². The number of quaternary nitrogens is 1. The molecule has 26 heavy (non-hydrogen) atoms. The number of alkyl halides is 6. The van der Waals surface area contributed by atoms with Crippen molar-refractivity contribution < 1.29 is 52.4 Å². The van der Waals surface area contributed by atoms with Crippen molar-refractivity contribution in [1.82, 2.24) is 0 Å². The van der Waals surface area contributed by atoms with Crippen LogP contribution in [-0.4, -0.2) is 79.2 Å². The van der Waals surface area contributed by atoms with E-state index in [0.29, 0.717) is 6.54 Å². The fourth-order valence-electron chi connectivity index (χ4n) is 2.02. The monoisotopic (exact) mass is 438 g/mol. The molecule has 0 aromatic carbocycles. The van der Waals surface area contributed by atoms with Gasteiger partial charge in [0.2, 0.25) is 0 Å². The first-order chi connectivity index (χ1) is 11.4. The minimum absolute atomic E-state index is 0.204. The van der Waals surface area contributed by atoms with Crippen LogP contribution in [0.2, 0.25) is 0 Å². The van der Waals surface area contributed by atoms with Crippen LogP contribution in [0, 0.1) is 0 Å². The summed E-state index contributed by atoms with van der Waals surface area (Å²) in [7, 11) is -8.39. The molecule has 0 unspecified atom stereocenters. The summed E-state index contributed by atoms with van der Waals surface area (Å²) in [6.45, 7) is 1.91. The number of rotatable bonds is 6. The van der Waals surface area contributed by atoms with Gasteiger partial charge in [-0.3, -0.25) is 0 Å². The lowest BCUT2D eigenvalue weighted by Crippen LogP contribution is -2.43. The number of sulfonamides is 2. The number of ether oxygens (including phenoxy) is 1. The molecule has 1 heterocycles. The molecule has 7 nitrogen and oxygen atoms in total. The van der Waals surface area contributed by atoms with Crippen molar-refractivity contribution in [2.24, 2.45) is 0 Å². The largest absolute Gasteiger partial charge is 0.480 e. The van der Waals surface area contributed by atoms with Crippen molar-refractivity contribution in [2.75, 3.05) is 46.2 Å². The van der Waals surface area contributed by atoms with Crippen LogP contribution >= 0.6 is 0 Å². The molecule has 1 rings (SSSR count). The van der Waals surface area contributed by atoms with Gasteiger partial charge in [-0.25, -0.2) is 16.8 Å². The van der Waals surface area contributed by atoms with Crippen LogP contribution in [-0.2, 0) is 24.8 Å². The Bertz CT molecular complexity index is 639. The predicted molar refractivity (Wildman–Crippen MR) is 80.1 cm³/mol. The molecule has 1 aliphatic heterocycles. The molecule has 0 saturated carbocycles. The van der Waals surface area contributed by atoms with E-state index in [1.54, 1.807) is 4.13 Å². The topological polar surface area (TPSA) is 91.6 Å². The van der Waals surface area contributed by atoms with Crippen LogP contribution in [0.3, 0.4) is 0 Å². The first-order valence-electron chi connectivity index (χ1n) is 7.10. The third-order valence-electron chi connectivity index (χ3n) is 3.21. The Labute approximate surface area is 148 Å². The number of likely N-dealkylation sites (N-methyl/N-ethyl adjacent to an activating group) is 1. The molecule has 1 fully saturated rings. The summed E-state index contributed by atoms with van der Waals surface area (Å²) >= 11 is 0. The number of halogens is 6. The second-order valence-electron chi connectivity index (χ2n) is 5.89. The van der Waals surface area contributed by atoms with Crippen LogP contribution in [0.4, 0.5) is 26.3 Å². The molecule has 0 amide bonds. The Kier molecular flexibility index (Phi) is 8.81. The molecular formula is C11H20F6N2O5S2. The van der Waals surface area contributed by atoms with Crippen molar-refractivity contribution in [3.63, 3.8) is 0 Å². The van der Waals surface area contributed by atoms with Crippen LogP contribution in [0.5, 0.6) is 0 Å². The average Bonchev–Trinajstić information content (AvgIpc) is 2.78. The van der Waals surface area contributed by atoms with Crippen molar-refractivity contribution in [2.45, 2.75) is 24.5 Å². The summed E-state index contributed by atoms with van der Waals surface area (Å²) in [6.07, 6.45) is -1.59. The lowest BCUT2D eigenvalue weighted by Gasteiger charge is -2.28. The van der Waals surface area contributed by atoms with E-state index >= 15 is 0 Å². The summed E-state index contributed by atoms with van der Waals surface area (Å²) in [6, 6.07) is 0. The quantitative estimate of drug-likeness (QED) is 0.359. The maximum absolute atomic E-state index is 11.7. The van der Waals surface area contributed by atoms with Gasteiger partial charge in [-0.15, -0.1) is 0 Å². The molecule has 158 valence electrons. The minimum atomic E-state index is -5.92. The third kappa shape index (κ3) is 11.2. The summed E-state index contributed by atoms with van der Waals surface area (Å²) < 4.78 is 117. The smallest absolute Gasteiger partial charge is 0.429 e. The highest BCUT2D eigenvalue weighted by molar-refractivity contribution is 8.12. The van der Waals surface area contributed by atoms with E-state index in [0.717, 1.165) is 17.6 Å². The minimum Gasteiger partial charge on any atom is -0.429 e. The highest BCUT2D eigenvalue weighted by atomic mass is 32.3. The summed E-state index contributed by atoms with van der Waals surface area (Å²) in [5.74, 6) is 0. The van der Waals surface area contributed by atoms with Gasteiger partial charge in [0, 0.05) is 19.1 Å². The second-order valence-corrected chi connectivity index (χ2v) is 9.37. The van der Waals surface area contributed by atoms with Crippen LogP contribution < -0.4 is 0 Å². The zero-order chi connectivity index (χ0) is 20.9. The zero-order valence-electron chi connectivity index (χ0n) is 14.0. The van der Waals surface area contributed by atoms with Gasteiger partial charge in [0.05, 0.1) is 36.8 Å². The molecule has 0 N–H and O–H groups in total. The molecule has 0 aromatic rings. The molecule has 1 aliphatic rings. The van der Waals surface area contributed by atoms with Crippen molar-refractivity contribution >= 4 is 20.0 Å². The van der Waals surface area contributed by atoms with E-state index in [1.165, 1.54) is 12.8 Å². The van der Waals surface area contributed by atoms with E-state index in [4.69, 9.17) is 0 Å². The molecule has 0 spiro atoms. The zero-order valence-corrected chi connectivity index (χ0v) is 15.6. The van der Waals surface area contributed by atoms with E-state index < -0.39 is 38.3 Å². The Morgan fingerprint density at radius 3 is 1.77 bits per heavy atom. The average molecular weight is 438 g/mol. The number of hydrogen-bond donors (Lipinski definition) is 0. The summed E-state index contributed by atoms with van der Waals surface area (Å²) in [5.41, 5.74) is -5.67. The molecule has 0 aliphatic carbocycles. The fraction of sp³-hybridized carbons (Fsp3) is 1.00. The Morgan fingerprint density at radius 1 is 1.00 bits per heavy atom. The second kappa shape index (κ2) is 9.03. The van der Waals surface area contributed by atoms with Crippen molar-refractivity contribution in [3.05, 3.63) is 4.13 Å². The van der Waals surface area contributed by atoms with Gasteiger partial charge in [-0.2, -0.15) is 26.3 Å². The van der Waals surface area contributed by atoms with Gasteiger partial charge in [-0.1, -0.05) is 0 Å². The highest BCUT2D eigenvalue weighted by Gasteiger charge is 2.40. The first kappa shape index (κ1) is 25.4. The first-order valence-corrected chi connectivity index (χ1v) is 10.4. The number of nitrogens with zero attached hydrogens (tertiary/aromatic N) is 2. The Hall–Kier alpha value is -0.640. The SMILES string of the molecule is CS(=O)(=O)[N-]S(=O)(=O)C(F)(F)F.C[N+]1(CCOCC(F)(F)F)CCCC1. The number of hydrogen-bond acceptors (Lipinski definition) is 5. The Balaban J connectivity index is 0.000000488. The maximum atomic E-state index is 11.7. The van der Waals surface area contributed by atoms with Crippen LogP contribution in [0.15, 0.2) is 0 Å². The standard InChI is InChI=1S/C9H17F3NO.C2H3F3NO4S2/c1-13(4-2-3-5-13)6-7-14-8-9(10,11)12;1-11(7,8)6-12(9,10)2(3,4)5/h2-8H2,1H3;1H3/q+1;-1. The molecule has 15 heteroatoms. The summed E-state index contributed by atoms with van der Waals surface area (Å²) in [5, 5.41) is 0. The molecule has 0 atom stereocenters. The lowest BCUT2D eigenvalue weighted by atomic mass is 10.4.